The Labute approximate surface area is 153 Å². The maximum Gasteiger partial charge on any atom is 0.337 e. The summed E-state index contributed by atoms with van der Waals surface area (Å²) in [7, 11) is 1.36. The number of carbonyl (C=O) groups excluding carboxylic acids is 2. The third-order valence-electron chi connectivity index (χ3n) is 5.02. The summed E-state index contributed by atoms with van der Waals surface area (Å²) in [5.41, 5.74) is 3.89. The van der Waals surface area contributed by atoms with Crippen molar-refractivity contribution in [3.05, 3.63) is 47.8 Å². The lowest BCUT2D eigenvalue weighted by Crippen LogP contribution is -2.21. The van der Waals surface area contributed by atoms with E-state index in [0.717, 1.165) is 36.1 Å². The predicted octanol–water partition coefficient (Wildman–Crippen LogP) is 4.40. The SMILES string of the molecule is COC(=O)c1ccc2c(c1)-c1ccnc(c1)[C@@H](C)CCC[C@@H](C)C(=O)N2. The van der Waals surface area contributed by atoms with Crippen molar-refractivity contribution >= 4 is 17.6 Å². The Kier molecular flexibility index (Phi) is 5.35. The number of pyridine rings is 1. The van der Waals surface area contributed by atoms with Crippen LogP contribution in [0.5, 0.6) is 0 Å². The van der Waals surface area contributed by atoms with Gasteiger partial charge in [0.05, 0.1) is 12.7 Å². The summed E-state index contributed by atoms with van der Waals surface area (Å²) in [5, 5.41) is 3.02. The summed E-state index contributed by atoms with van der Waals surface area (Å²) in [4.78, 5) is 29.0. The molecule has 0 radical (unpaired) electrons. The van der Waals surface area contributed by atoms with Crippen molar-refractivity contribution in [1.82, 2.24) is 4.98 Å². The molecule has 136 valence electrons. The first-order valence-electron chi connectivity index (χ1n) is 8.99. The van der Waals surface area contributed by atoms with Crippen LogP contribution in [0.1, 0.15) is 55.1 Å². The number of esters is 1. The molecule has 1 aliphatic rings. The smallest absolute Gasteiger partial charge is 0.337 e. The van der Waals surface area contributed by atoms with Gasteiger partial charge < -0.3 is 10.1 Å². The van der Waals surface area contributed by atoms with Gasteiger partial charge in [-0.1, -0.05) is 20.3 Å². The monoisotopic (exact) mass is 352 g/mol. The fourth-order valence-electron chi connectivity index (χ4n) is 3.29. The van der Waals surface area contributed by atoms with E-state index >= 15 is 0 Å². The van der Waals surface area contributed by atoms with Crippen molar-refractivity contribution in [2.45, 2.75) is 39.0 Å². The molecule has 0 fully saturated rings. The molecule has 1 amide bonds. The molecule has 0 unspecified atom stereocenters. The number of nitrogens with zero attached hydrogens (tertiary/aromatic N) is 1. The molecule has 2 heterocycles. The topological polar surface area (TPSA) is 68.3 Å². The van der Waals surface area contributed by atoms with Crippen molar-refractivity contribution in [2.75, 3.05) is 12.4 Å². The first-order valence-corrected chi connectivity index (χ1v) is 8.99. The minimum atomic E-state index is -0.402. The van der Waals surface area contributed by atoms with E-state index in [4.69, 9.17) is 4.74 Å². The second-order valence-electron chi connectivity index (χ2n) is 6.94. The molecule has 2 aromatic rings. The van der Waals surface area contributed by atoms with Crippen molar-refractivity contribution in [1.29, 1.82) is 0 Å². The van der Waals surface area contributed by atoms with E-state index in [1.165, 1.54) is 7.11 Å². The third kappa shape index (κ3) is 3.77. The summed E-state index contributed by atoms with van der Waals surface area (Å²) in [6, 6.07) is 9.15. The number of amides is 1. The van der Waals surface area contributed by atoms with E-state index in [0.29, 0.717) is 17.2 Å². The van der Waals surface area contributed by atoms with Crippen LogP contribution in [0.2, 0.25) is 0 Å². The van der Waals surface area contributed by atoms with Crippen molar-refractivity contribution in [2.24, 2.45) is 5.92 Å². The Bertz CT molecular complexity index is 832. The van der Waals surface area contributed by atoms with Gasteiger partial charge in [-0.15, -0.1) is 0 Å². The lowest BCUT2D eigenvalue weighted by atomic mass is 9.92. The molecule has 3 rings (SSSR count). The summed E-state index contributed by atoms with van der Waals surface area (Å²) < 4.78 is 4.84. The molecule has 1 aliphatic heterocycles. The standard InChI is InChI=1S/C21H24N2O3/c1-13-5-4-6-14(2)20(24)23-18-8-7-16(21(25)26-3)11-17(18)15-9-10-22-19(13)12-15/h7-14H,4-6H2,1-3H3,(H,23,24)/t13-,14+/m0/s1. The van der Waals surface area contributed by atoms with Crippen molar-refractivity contribution in [3.63, 3.8) is 0 Å². The molecule has 5 nitrogen and oxygen atoms in total. The van der Waals surface area contributed by atoms with Crippen LogP contribution in [-0.2, 0) is 9.53 Å². The Morgan fingerprint density at radius 2 is 1.92 bits per heavy atom. The number of hydrogen-bond donors (Lipinski definition) is 1. The van der Waals surface area contributed by atoms with Crippen LogP contribution in [0, 0.1) is 5.92 Å². The zero-order chi connectivity index (χ0) is 18.7. The molecule has 1 aromatic carbocycles. The number of aromatic nitrogens is 1. The number of nitrogens with one attached hydrogen (secondary N) is 1. The summed E-state index contributed by atoms with van der Waals surface area (Å²) in [5.74, 6) is -0.154. The van der Waals surface area contributed by atoms with Crippen LogP contribution in [0.3, 0.4) is 0 Å². The van der Waals surface area contributed by atoms with E-state index in [-0.39, 0.29) is 11.8 Å². The van der Waals surface area contributed by atoms with Gasteiger partial charge in [0.2, 0.25) is 5.91 Å². The summed E-state index contributed by atoms with van der Waals surface area (Å²) in [6.45, 7) is 4.11. The van der Waals surface area contributed by atoms with Gasteiger partial charge in [0, 0.05) is 29.1 Å². The molecule has 0 saturated carbocycles. The van der Waals surface area contributed by atoms with Gasteiger partial charge >= 0.3 is 5.97 Å². The zero-order valence-corrected chi connectivity index (χ0v) is 15.4. The van der Waals surface area contributed by atoms with Gasteiger partial charge in [0.1, 0.15) is 0 Å². The zero-order valence-electron chi connectivity index (χ0n) is 15.4. The Balaban J connectivity index is 2.14. The minimum Gasteiger partial charge on any atom is -0.465 e. The average molecular weight is 352 g/mol. The van der Waals surface area contributed by atoms with Gasteiger partial charge in [-0.2, -0.15) is 0 Å². The largest absolute Gasteiger partial charge is 0.465 e. The first kappa shape index (κ1) is 18.1. The van der Waals surface area contributed by atoms with Gasteiger partial charge in [-0.05, 0) is 54.7 Å². The lowest BCUT2D eigenvalue weighted by molar-refractivity contribution is -0.119. The number of rotatable bonds is 1. The van der Waals surface area contributed by atoms with Gasteiger partial charge in [0.25, 0.3) is 0 Å². The number of methoxy groups -OCH3 is 1. The van der Waals surface area contributed by atoms with Crippen LogP contribution in [0.15, 0.2) is 36.5 Å². The second kappa shape index (κ2) is 7.68. The Hall–Kier alpha value is -2.69. The normalized spacial score (nSPS) is 20.2. The van der Waals surface area contributed by atoms with E-state index in [2.05, 4.69) is 17.2 Å². The van der Waals surface area contributed by atoms with Gasteiger partial charge in [-0.25, -0.2) is 4.79 Å². The maximum absolute atomic E-state index is 12.6. The quantitative estimate of drug-likeness (QED) is 0.773. The number of ether oxygens (including phenoxy) is 1. The second-order valence-corrected chi connectivity index (χ2v) is 6.94. The molecule has 5 heteroatoms. The molecule has 1 aromatic heterocycles. The molecule has 2 atom stereocenters. The molecule has 0 spiro atoms. The van der Waals surface area contributed by atoms with Crippen LogP contribution in [0.4, 0.5) is 5.69 Å². The van der Waals surface area contributed by atoms with E-state index < -0.39 is 5.97 Å². The Morgan fingerprint density at radius 1 is 1.15 bits per heavy atom. The van der Waals surface area contributed by atoms with Crippen LogP contribution in [0.25, 0.3) is 11.1 Å². The highest BCUT2D eigenvalue weighted by molar-refractivity contribution is 5.99. The van der Waals surface area contributed by atoms with Gasteiger partial charge in [-0.3, -0.25) is 9.78 Å². The van der Waals surface area contributed by atoms with E-state index in [1.807, 2.05) is 19.1 Å². The van der Waals surface area contributed by atoms with Crippen molar-refractivity contribution in [3.8, 4) is 11.1 Å². The predicted molar refractivity (Wildman–Crippen MR) is 101 cm³/mol. The number of fused-ring (bicyclic) bond motifs is 4. The first-order chi connectivity index (χ1) is 12.5. The number of carbonyl (C=O) groups is 2. The highest BCUT2D eigenvalue weighted by Gasteiger charge is 2.19. The fraction of sp³-hybridized carbons (Fsp3) is 0.381. The van der Waals surface area contributed by atoms with Crippen LogP contribution < -0.4 is 5.32 Å². The molecular weight excluding hydrogens is 328 g/mol. The number of anilines is 1. The molecule has 2 bridgehead atoms. The van der Waals surface area contributed by atoms with Crippen LogP contribution >= 0.6 is 0 Å². The maximum atomic E-state index is 12.6. The fourth-order valence-corrected chi connectivity index (χ4v) is 3.29. The lowest BCUT2D eigenvalue weighted by Gasteiger charge is -2.19. The van der Waals surface area contributed by atoms with E-state index in [1.54, 1.807) is 24.4 Å². The number of benzene rings is 1. The summed E-state index contributed by atoms with van der Waals surface area (Å²) >= 11 is 0. The van der Waals surface area contributed by atoms with E-state index in [9.17, 15) is 9.59 Å². The Morgan fingerprint density at radius 3 is 2.69 bits per heavy atom. The molecule has 0 saturated heterocycles. The summed E-state index contributed by atoms with van der Waals surface area (Å²) in [6.07, 6.45) is 4.59. The highest BCUT2D eigenvalue weighted by Crippen LogP contribution is 2.33. The third-order valence-corrected chi connectivity index (χ3v) is 5.02. The molecule has 26 heavy (non-hydrogen) atoms. The minimum absolute atomic E-state index is 0.000394. The molecule has 1 N–H and O–H groups in total. The van der Waals surface area contributed by atoms with Gasteiger partial charge in [0.15, 0.2) is 0 Å². The average Bonchev–Trinajstić information content (AvgIpc) is 2.66. The van der Waals surface area contributed by atoms with Crippen molar-refractivity contribution < 1.29 is 14.3 Å². The highest BCUT2D eigenvalue weighted by atomic mass is 16.5. The molecule has 0 aliphatic carbocycles. The van der Waals surface area contributed by atoms with Crippen LogP contribution in [-0.4, -0.2) is 24.0 Å². The number of hydrogen-bond acceptors (Lipinski definition) is 4. The molecular formula is C21H24N2O3.